The van der Waals surface area contributed by atoms with Crippen molar-refractivity contribution >= 4 is 16.9 Å². The van der Waals surface area contributed by atoms with Crippen LogP contribution in [0.2, 0.25) is 0 Å². The van der Waals surface area contributed by atoms with Crippen LogP contribution in [0.25, 0.3) is 11.0 Å². The van der Waals surface area contributed by atoms with E-state index in [-0.39, 0.29) is 12.5 Å². The van der Waals surface area contributed by atoms with Crippen molar-refractivity contribution in [1.29, 1.82) is 0 Å². The van der Waals surface area contributed by atoms with Crippen LogP contribution < -0.4 is 14.8 Å². The standard InChI is InChI=1S/C17H18N4O3/c1-23-15-8-7-12(9-16(15)24-2)10-18-17(22)11-21-14-6-4-3-5-13(14)19-20-21/h3-9H,10-11H2,1-2H3,(H,18,22). The Kier molecular flexibility index (Phi) is 4.60. The molecule has 0 saturated heterocycles. The molecule has 24 heavy (non-hydrogen) atoms. The van der Waals surface area contributed by atoms with E-state index in [0.29, 0.717) is 18.0 Å². The van der Waals surface area contributed by atoms with Crippen LogP contribution in [0.4, 0.5) is 0 Å². The molecule has 0 spiro atoms. The Balaban J connectivity index is 1.63. The Hall–Kier alpha value is -3.09. The van der Waals surface area contributed by atoms with Gasteiger partial charge < -0.3 is 14.8 Å². The molecule has 0 bridgehead atoms. The average molecular weight is 326 g/mol. The first-order valence-corrected chi connectivity index (χ1v) is 7.47. The zero-order valence-corrected chi connectivity index (χ0v) is 13.5. The van der Waals surface area contributed by atoms with E-state index in [4.69, 9.17) is 9.47 Å². The molecule has 0 radical (unpaired) electrons. The van der Waals surface area contributed by atoms with Gasteiger partial charge in [-0.1, -0.05) is 23.4 Å². The maximum absolute atomic E-state index is 12.1. The molecule has 0 fully saturated rings. The third-order valence-electron chi connectivity index (χ3n) is 3.65. The highest BCUT2D eigenvalue weighted by atomic mass is 16.5. The van der Waals surface area contributed by atoms with E-state index in [0.717, 1.165) is 16.6 Å². The number of benzene rings is 2. The van der Waals surface area contributed by atoms with Gasteiger partial charge in [0.05, 0.1) is 19.7 Å². The number of amides is 1. The fraction of sp³-hybridized carbons (Fsp3) is 0.235. The minimum atomic E-state index is -0.138. The van der Waals surface area contributed by atoms with Crippen molar-refractivity contribution in [3.8, 4) is 11.5 Å². The van der Waals surface area contributed by atoms with Gasteiger partial charge in [-0.2, -0.15) is 0 Å². The maximum atomic E-state index is 12.1. The number of fused-ring (bicyclic) bond motifs is 1. The van der Waals surface area contributed by atoms with Gasteiger partial charge in [0.1, 0.15) is 12.1 Å². The van der Waals surface area contributed by atoms with Gasteiger partial charge in [0.15, 0.2) is 11.5 Å². The smallest absolute Gasteiger partial charge is 0.242 e. The largest absolute Gasteiger partial charge is 0.493 e. The lowest BCUT2D eigenvalue weighted by Gasteiger charge is -2.10. The fourth-order valence-corrected chi connectivity index (χ4v) is 2.42. The average Bonchev–Trinajstić information content (AvgIpc) is 3.02. The minimum Gasteiger partial charge on any atom is -0.493 e. The van der Waals surface area contributed by atoms with Crippen LogP contribution in [0.15, 0.2) is 42.5 Å². The van der Waals surface area contributed by atoms with Crippen LogP contribution in [-0.4, -0.2) is 35.1 Å². The molecular weight excluding hydrogens is 308 g/mol. The van der Waals surface area contributed by atoms with Crippen molar-refractivity contribution in [2.24, 2.45) is 0 Å². The zero-order chi connectivity index (χ0) is 16.9. The van der Waals surface area contributed by atoms with Crippen molar-refractivity contribution < 1.29 is 14.3 Å². The monoisotopic (exact) mass is 326 g/mol. The highest BCUT2D eigenvalue weighted by molar-refractivity contribution is 5.79. The first-order chi connectivity index (χ1) is 11.7. The molecule has 1 N–H and O–H groups in total. The van der Waals surface area contributed by atoms with Crippen LogP contribution in [-0.2, 0) is 17.9 Å². The normalized spacial score (nSPS) is 10.6. The van der Waals surface area contributed by atoms with Crippen LogP contribution in [0, 0.1) is 0 Å². The molecule has 0 aliphatic rings. The van der Waals surface area contributed by atoms with E-state index in [2.05, 4.69) is 15.6 Å². The van der Waals surface area contributed by atoms with Crippen molar-refractivity contribution in [2.75, 3.05) is 14.2 Å². The number of nitrogens with one attached hydrogen (secondary N) is 1. The molecule has 7 nitrogen and oxygen atoms in total. The molecule has 7 heteroatoms. The molecule has 3 rings (SSSR count). The molecule has 124 valence electrons. The molecule has 0 atom stereocenters. The molecule has 0 saturated carbocycles. The molecule has 0 aliphatic heterocycles. The Morgan fingerprint density at radius 3 is 2.71 bits per heavy atom. The van der Waals surface area contributed by atoms with Crippen LogP contribution in [0.1, 0.15) is 5.56 Å². The van der Waals surface area contributed by atoms with Crippen molar-refractivity contribution in [2.45, 2.75) is 13.1 Å². The zero-order valence-electron chi connectivity index (χ0n) is 13.5. The fourth-order valence-electron chi connectivity index (χ4n) is 2.42. The number of aromatic nitrogens is 3. The van der Waals surface area contributed by atoms with E-state index >= 15 is 0 Å². The van der Waals surface area contributed by atoms with Gasteiger partial charge in [0.2, 0.25) is 5.91 Å². The van der Waals surface area contributed by atoms with Crippen LogP contribution in [0.5, 0.6) is 11.5 Å². The maximum Gasteiger partial charge on any atom is 0.242 e. The summed E-state index contributed by atoms with van der Waals surface area (Å²) < 4.78 is 12.0. The van der Waals surface area contributed by atoms with Crippen molar-refractivity contribution in [3.63, 3.8) is 0 Å². The summed E-state index contributed by atoms with van der Waals surface area (Å²) in [7, 11) is 3.16. The van der Waals surface area contributed by atoms with Gasteiger partial charge in [-0.15, -0.1) is 5.10 Å². The third-order valence-corrected chi connectivity index (χ3v) is 3.65. The van der Waals surface area contributed by atoms with Gasteiger partial charge in [-0.3, -0.25) is 4.79 Å². The Morgan fingerprint density at radius 1 is 1.12 bits per heavy atom. The first kappa shape index (κ1) is 15.8. The summed E-state index contributed by atoms with van der Waals surface area (Å²) in [4.78, 5) is 12.1. The SMILES string of the molecule is COc1ccc(CNC(=O)Cn2nnc3ccccc32)cc1OC. The van der Waals surface area contributed by atoms with Gasteiger partial charge in [0, 0.05) is 6.54 Å². The number of hydrogen-bond acceptors (Lipinski definition) is 5. The number of methoxy groups -OCH3 is 2. The predicted molar refractivity (Wildman–Crippen MR) is 88.9 cm³/mol. The molecule has 2 aromatic carbocycles. The number of nitrogens with zero attached hydrogens (tertiary/aromatic N) is 3. The van der Waals surface area contributed by atoms with Crippen LogP contribution >= 0.6 is 0 Å². The first-order valence-electron chi connectivity index (χ1n) is 7.47. The van der Waals surface area contributed by atoms with Gasteiger partial charge in [-0.05, 0) is 29.8 Å². The molecule has 0 unspecified atom stereocenters. The van der Waals surface area contributed by atoms with E-state index < -0.39 is 0 Å². The van der Waals surface area contributed by atoms with E-state index in [9.17, 15) is 4.79 Å². The number of rotatable bonds is 6. The van der Waals surface area contributed by atoms with Gasteiger partial charge >= 0.3 is 0 Å². The minimum absolute atomic E-state index is 0.119. The Morgan fingerprint density at radius 2 is 1.92 bits per heavy atom. The van der Waals surface area contributed by atoms with Crippen LogP contribution in [0.3, 0.4) is 0 Å². The number of para-hydroxylation sites is 1. The van der Waals surface area contributed by atoms with E-state index in [1.54, 1.807) is 18.9 Å². The van der Waals surface area contributed by atoms with Crippen molar-refractivity contribution in [1.82, 2.24) is 20.3 Å². The molecule has 1 aromatic heterocycles. The summed E-state index contributed by atoms with van der Waals surface area (Å²) in [5, 5.41) is 10.9. The molecular formula is C17H18N4O3. The van der Waals surface area contributed by atoms with E-state index in [1.807, 2.05) is 42.5 Å². The Labute approximate surface area is 139 Å². The number of carbonyl (C=O) groups excluding carboxylic acids is 1. The Bertz CT molecular complexity index is 860. The third kappa shape index (κ3) is 3.29. The quantitative estimate of drug-likeness (QED) is 0.747. The molecule has 0 aliphatic carbocycles. The van der Waals surface area contributed by atoms with Gasteiger partial charge in [-0.25, -0.2) is 4.68 Å². The lowest BCUT2D eigenvalue weighted by molar-refractivity contribution is -0.121. The summed E-state index contributed by atoms with van der Waals surface area (Å²) in [6, 6.07) is 13.1. The second kappa shape index (κ2) is 6.99. The summed E-state index contributed by atoms with van der Waals surface area (Å²) in [6.45, 7) is 0.514. The number of carbonyl (C=O) groups is 1. The van der Waals surface area contributed by atoms with E-state index in [1.165, 1.54) is 0 Å². The summed E-state index contributed by atoms with van der Waals surface area (Å²) in [5.74, 6) is 1.15. The summed E-state index contributed by atoms with van der Waals surface area (Å²) >= 11 is 0. The topological polar surface area (TPSA) is 78.3 Å². The summed E-state index contributed by atoms with van der Waals surface area (Å²) in [5.41, 5.74) is 2.52. The second-order valence-corrected chi connectivity index (χ2v) is 5.20. The summed E-state index contributed by atoms with van der Waals surface area (Å²) in [6.07, 6.45) is 0. The number of ether oxygens (including phenoxy) is 2. The lowest BCUT2D eigenvalue weighted by Crippen LogP contribution is -2.27. The lowest BCUT2D eigenvalue weighted by atomic mass is 10.2. The predicted octanol–water partition coefficient (Wildman–Crippen LogP) is 1.76. The molecule has 3 aromatic rings. The molecule has 1 amide bonds. The highest BCUT2D eigenvalue weighted by Crippen LogP contribution is 2.27. The number of hydrogen-bond donors (Lipinski definition) is 1. The van der Waals surface area contributed by atoms with Gasteiger partial charge in [0.25, 0.3) is 0 Å². The second-order valence-electron chi connectivity index (χ2n) is 5.20. The van der Waals surface area contributed by atoms with Crippen molar-refractivity contribution in [3.05, 3.63) is 48.0 Å². The molecule has 1 heterocycles. The highest BCUT2D eigenvalue weighted by Gasteiger charge is 2.09.